The third kappa shape index (κ3) is 4.22. The number of rotatable bonds is 6. The Labute approximate surface area is 170 Å². The number of carbonyl (C=O) groups is 1. The summed E-state index contributed by atoms with van der Waals surface area (Å²) in [5.41, 5.74) is 2.70. The minimum absolute atomic E-state index is 0.0507. The summed E-state index contributed by atoms with van der Waals surface area (Å²) >= 11 is 0. The molecular weight excluding hydrogens is 374 g/mol. The van der Waals surface area contributed by atoms with Crippen molar-refractivity contribution in [2.45, 2.75) is 50.7 Å². The SMILES string of the molecule is COC[C@H](C)Nc1ncc2c(N3CCOCC3=O)cc(C3CCC(O)CC3)n2n1. The number of aliphatic hydroxyl groups is 1. The van der Waals surface area contributed by atoms with Gasteiger partial charge in [-0.25, -0.2) is 9.50 Å². The number of amides is 1. The molecule has 29 heavy (non-hydrogen) atoms. The van der Waals surface area contributed by atoms with Crippen molar-refractivity contribution in [1.29, 1.82) is 0 Å². The molecule has 3 heterocycles. The standard InChI is InChI=1S/C20H29N5O4/c1-13(11-28-2)22-20-21-10-18-17(24-7-8-29-12-19(24)27)9-16(25(18)23-20)14-3-5-15(26)6-4-14/h9-10,13-15,26H,3-8,11-12H2,1-2H3,(H,22,23)/t13-,14?,15?/m0/s1. The van der Waals surface area contributed by atoms with Crippen LogP contribution in [0.1, 0.15) is 44.2 Å². The van der Waals surface area contributed by atoms with Gasteiger partial charge < -0.3 is 24.8 Å². The molecule has 9 nitrogen and oxygen atoms in total. The van der Waals surface area contributed by atoms with Crippen molar-refractivity contribution < 1.29 is 19.4 Å². The van der Waals surface area contributed by atoms with E-state index in [1.54, 1.807) is 18.2 Å². The van der Waals surface area contributed by atoms with Crippen molar-refractivity contribution in [3.05, 3.63) is 18.0 Å². The van der Waals surface area contributed by atoms with Gasteiger partial charge in [0.2, 0.25) is 5.95 Å². The van der Waals surface area contributed by atoms with Gasteiger partial charge in [0.05, 0.1) is 31.2 Å². The number of hydrogen-bond donors (Lipinski definition) is 2. The Morgan fingerprint density at radius 3 is 2.90 bits per heavy atom. The van der Waals surface area contributed by atoms with Crippen LogP contribution in [-0.4, -0.2) is 71.2 Å². The zero-order chi connectivity index (χ0) is 20.4. The summed E-state index contributed by atoms with van der Waals surface area (Å²) in [4.78, 5) is 18.7. The molecule has 2 aromatic rings. The Morgan fingerprint density at radius 2 is 2.17 bits per heavy atom. The summed E-state index contributed by atoms with van der Waals surface area (Å²) in [6.45, 7) is 3.69. The van der Waals surface area contributed by atoms with E-state index in [1.165, 1.54) is 0 Å². The number of anilines is 2. The lowest BCUT2D eigenvalue weighted by Crippen LogP contribution is -2.41. The fraction of sp³-hybridized carbons (Fsp3) is 0.650. The fourth-order valence-electron chi connectivity index (χ4n) is 4.23. The van der Waals surface area contributed by atoms with E-state index in [9.17, 15) is 9.90 Å². The maximum absolute atomic E-state index is 12.4. The van der Waals surface area contributed by atoms with Crippen LogP contribution in [0.15, 0.2) is 12.3 Å². The number of carbonyl (C=O) groups excluding carboxylic acids is 1. The maximum atomic E-state index is 12.4. The smallest absolute Gasteiger partial charge is 0.253 e. The Kier molecular flexibility index (Phi) is 5.98. The molecule has 0 spiro atoms. The molecular formula is C20H29N5O4. The molecule has 1 amide bonds. The van der Waals surface area contributed by atoms with Gasteiger partial charge in [0.25, 0.3) is 5.91 Å². The van der Waals surface area contributed by atoms with Crippen LogP contribution in [0.3, 0.4) is 0 Å². The summed E-state index contributed by atoms with van der Waals surface area (Å²) in [7, 11) is 1.66. The van der Waals surface area contributed by atoms with Crippen LogP contribution in [0.2, 0.25) is 0 Å². The minimum Gasteiger partial charge on any atom is -0.393 e. The van der Waals surface area contributed by atoms with Gasteiger partial charge in [0, 0.05) is 31.3 Å². The van der Waals surface area contributed by atoms with E-state index in [0.717, 1.165) is 42.6 Å². The molecule has 2 N–H and O–H groups in total. The number of fused-ring (bicyclic) bond motifs is 1. The number of nitrogens with one attached hydrogen (secondary N) is 1. The highest BCUT2D eigenvalue weighted by molar-refractivity contribution is 5.99. The van der Waals surface area contributed by atoms with Gasteiger partial charge in [-0.3, -0.25) is 4.79 Å². The van der Waals surface area contributed by atoms with Gasteiger partial charge in [-0.05, 0) is 38.7 Å². The third-order valence-electron chi connectivity index (χ3n) is 5.71. The second kappa shape index (κ2) is 8.64. The molecule has 1 aliphatic heterocycles. The maximum Gasteiger partial charge on any atom is 0.253 e. The van der Waals surface area contributed by atoms with Crippen molar-refractivity contribution >= 4 is 23.1 Å². The van der Waals surface area contributed by atoms with Crippen LogP contribution in [0.4, 0.5) is 11.6 Å². The van der Waals surface area contributed by atoms with Crippen LogP contribution >= 0.6 is 0 Å². The van der Waals surface area contributed by atoms with Crippen LogP contribution in [0.5, 0.6) is 0 Å². The predicted octanol–water partition coefficient (Wildman–Crippen LogP) is 1.56. The van der Waals surface area contributed by atoms with Gasteiger partial charge in [-0.1, -0.05) is 0 Å². The van der Waals surface area contributed by atoms with Crippen LogP contribution in [0.25, 0.3) is 5.52 Å². The van der Waals surface area contributed by atoms with E-state index in [1.807, 2.05) is 11.4 Å². The molecule has 2 fully saturated rings. The second-order valence-corrected chi connectivity index (χ2v) is 7.94. The number of hydrogen-bond acceptors (Lipinski definition) is 7. The summed E-state index contributed by atoms with van der Waals surface area (Å²) in [5.74, 6) is 0.759. The van der Waals surface area contributed by atoms with E-state index in [0.29, 0.717) is 25.7 Å². The first kappa shape index (κ1) is 20.1. The molecule has 0 aromatic carbocycles. The average molecular weight is 403 g/mol. The highest BCUT2D eigenvalue weighted by Crippen LogP contribution is 2.37. The molecule has 1 aliphatic carbocycles. The third-order valence-corrected chi connectivity index (χ3v) is 5.71. The highest BCUT2D eigenvalue weighted by Gasteiger charge is 2.29. The molecule has 2 aromatic heterocycles. The largest absolute Gasteiger partial charge is 0.393 e. The van der Waals surface area contributed by atoms with Gasteiger partial charge in [-0.15, -0.1) is 5.10 Å². The van der Waals surface area contributed by atoms with Crippen molar-refractivity contribution in [3.63, 3.8) is 0 Å². The number of aromatic nitrogens is 3. The number of ether oxygens (including phenoxy) is 2. The van der Waals surface area contributed by atoms with E-state index in [4.69, 9.17) is 14.6 Å². The first-order chi connectivity index (χ1) is 14.1. The molecule has 0 bridgehead atoms. The van der Waals surface area contributed by atoms with Gasteiger partial charge in [0.1, 0.15) is 12.1 Å². The molecule has 0 radical (unpaired) electrons. The van der Waals surface area contributed by atoms with Crippen molar-refractivity contribution in [2.24, 2.45) is 0 Å². The molecule has 2 aliphatic rings. The highest BCUT2D eigenvalue weighted by atomic mass is 16.5. The summed E-state index contributed by atoms with van der Waals surface area (Å²) in [6.07, 6.45) is 4.91. The van der Waals surface area contributed by atoms with E-state index in [2.05, 4.69) is 16.4 Å². The van der Waals surface area contributed by atoms with E-state index >= 15 is 0 Å². The molecule has 1 saturated heterocycles. The molecule has 4 rings (SSSR count). The van der Waals surface area contributed by atoms with Gasteiger partial charge in [-0.2, -0.15) is 0 Å². The lowest BCUT2D eigenvalue weighted by atomic mass is 9.85. The summed E-state index contributed by atoms with van der Waals surface area (Å²) in [6, 6.07) is 2.14. The zero-order valence-electron chi connectivity index (χ0n) is 17.0. The van der Waals surface area contributed by atoms with Crippen LogP contribution in [-0.2, 0) is 14.3 Å². The average Bonchev–Trinajstić information content (AvgIpc) is 3.08. The number of methoxy groups -OCH3 is 1. The number of nitrogens with zero attached hydrogens (tertiary/aromatic N) is 4. The number of aliphatic hydroxyl groups excluding tert-OH is 1. The quantitative estimate of drug-likeness (QED) is 0.755. The lowest BCUT2D eigenvalue weighted by Gasteiger charge is -2.26. The normalized spacial score (nSPS) is 24.1. The second-order valence-electron chi connectivity index (χ2n) is 7.94. The van der Waals surface area contributed by atoms with Gasteiger partial charge >= 0.3 is 0 Å². The molecule has 1 saturated carbocycles. The first-order valence-electron chi connectivity index (χ1n) is 10.3. The Morgan fingerprint density at radius 1 is 1.38 bits per heavy atom. The topological polar surface area (TPSA) is 101 Å². The molecule has 158 valence electrons. The first-order valence-corrected chi connectivity index (χ1v) is 10.3. The number of morpholine rings is 1. The fourth-order valence-corrected chi connectivity index (χ4v) is 4.23. The van der Waals surface area contributed by atoms with Crippen molar-refractivity contribution in [1.82, 2.24) is 14.6 Å². The lowest BCUT2D eigenvalue weighted by molar-refractivity contribution is -0.125. The van der Waals surface area contributed by atoms with Crippen LogP contribution in [0, 0.1) is 0 Å². The minimum atomic E-state index is -0.223. The summed E-state index contributed by atoms with van der Waals surface area (Å²) < 4.78 is 12.4. The Hall–Kier alpha value is -2.23. The molecule has 9 heteroatoms. The van der Waals surface area contributed by atoms with Crippen molar-refractivity contribution in [2.75, 3.05) is 43.7 Å². The Bertz CT molecular complexity index is 862. The van der Waals surface area contributed by atoms with E-state index < -0.39 is 0 Å². The predicted molar refractivity (Wildman–Crippen MR) is 108 cm³/mol. The van der Waals surface area contributed by atoms with Crippen LogP contribution < -0.4 is 10.2 Å². The summed E-state index contributed by atoms with van der Waals surface area (Å²) in [5, 5.41) is 17.9. The van der Waals surface area contributed by atoms with E-state index in [-0.39, 0.29) is 30.6 Å². The Balaban J connectivity index is 1.73. The monoisotopic (exact) mass is 403 g/mol. The zero-order valence-corrected chi connectivity index (χ0v) is 17.0. The van der Waals surface area contributed by atoms with Crippen molar-refractivity contribution in [3.8, 4) is 0 Å². The molecule has 0 unspecified atom stereocenters. The van der Waals surface area contributed by atoms with Gasteiger partial charge in [0.15, 0.2) is 0 Å². The molecule has 1 atom stereocenters.